The minimum Gasteiger partial charge on any atom is -0.507 e. The number of benzene rings is 3. The minimum atomic E-state index is -0.794. The van der Waals surface area contributed by atoms with Gasteiger partial charge >= 0.3 is 0 Å². The molecule has 1 amide bonds. The smallest absolute Gasteiger partial charge is 0.300 e. The van der Waals surface area contributed by atoms with E-state index in [9.17, 15) is 14.7 Å². The largest absolute Gasteiger partial charge is 0.507 e. The molecule has 1 aliphatic rings. The summed E-state index contributed by atoms with van der Waals surface area (Å²) >= 11 is 0. The standard InChI is InChI=1S/C29H29NO5/c1-5-34-21-14-15-22(24(17-21)35-6-2)27(31)25-26(20-12-9-10-18(3)16-20)30(29(33)28(25)32)23-13-8-7-11-19(23)4/h7-17,26,31H,5-6H2,1-4H3/b27-25-. The van der Waals surface area contributed by atoms with Crippen molar-refractivity contribution in [2.45, 2.75) is 33.7 Å². The molecule has 0 radical (unpaired) electrons. The van der Waals surface area contributed by atoms with E-state index < -0.39 is 17.7 Å². The Bertz CT molecular complexity index is 1310. The molecule has 0 saturated carbocycles. The maximum atomic E-state index is 13.4. The summed E-state index contributed by atoms with van der Waals surface area (Å²) in [5.41, 5.74) is 3.54. The summed E-state index contributed by atoms with van der Waals surface area (Å²) < 4.78 is 11.3. The van der Waals surface area contributed by atoms with Gasteiger partial charge in [0.2, 0.25) is 0 Å². The first-order valence-corrected chi connectivity index (χ1v) is 11.7. The summed E-state index contributed by atoms with van der Waals surface area (Å²) in [6.45, 7) is 8.38. The van der Waals surface area contributed by atoms with Crippen LogP contribution in [0.15, 0.2) is 72.3 Å². The number of ketones is 1. The van der Waals surface area contributed by atoms with Crippen LogP contribution in [0.25, 0.3) is 5.76 Å². The molecule has 1 heterocycles. The second-order valence-electron chi connectivity index (χ2n) is 8.39. The zero-order chi connectivity index (χ0) is 25.1. The molecular weight excluding hydrogens is 442 g/mol. The van der Waals surface area contributed by atoms with Crippen molar-refractivity contribution in [3.63, 3.8) is 0 Å². The molecule has 180 valence electrons. The molecular formula is C29H29NO5. The lowest BCUT2D eigenvalue weighted by Gasteiger charge is -2.27. The fraction of sp³-hybridized carbons (Fsp3) is 0.241. The average molecular weight is 472 g/mol. The van der Waals surface area contributed by atoms with E-state index in [1.54, 1.807) is 18.2 Å². The molecule has 3 aromatic carbocycles. The van der Waals surface area contributed by atoms with Gasteiger partial charge in [0.25, 0.3) is 11.7 Å². The van der Waals surface area contributed by atoms with E-state index >= 15 is 0 Å². The van der Waals surface area contributed by atoms with E-state index in [4.69, 9.17) is 9.47 Å². The Hall–Kier alpha value is -4.06. The minimum absolute atomic E-state index is 0.0222. The third-order valence-electron chi connectivity index (χ3n) is 6.00. The molecule has 0 bridgehead atoms. The Morgan fingerprint density at radius 3 is 2.34 bits per heavy atom. The van der Waals surface area contributed by atoms with Gasteiger partial charge < -0.3 is 14.6 Å². The van der Waals surface area contributed by atoms with E-state index in [0.717, 1.165) is 16.7 Å². The van der Waals surface area contributed by atoms with Gasteiger partial charge in [-0.1, -0.05) is 48.0 Å². The van der Waals surface area contributed by atoms with Gasteiger partial charge in [0, 0.05) is 11.8 Å². The van der Waals surface area contributed by atoms with Gasteiger partial charge in [0.1, 0.15) is 17.3 Å². The average Bonchev–Trinajstić information content (AvgIpc) is 3.10. The number of aliphatic hydroxyl groups is 1. The van der Waals surface area contributed by atoms with Gasteiger partial charge in [-0.05, 0) is 57.0 Å². The van der Waals surface area contributed by atoms with Gasteiger partial charge in [0.15, 0.2) is 0 Å². The monoisotopic (exact) mass is 471 g/mol. The summed E-state index contributed by atoms with van der Waals surface area (Å²) in [6, 6.07) is 19.3. The summed E-state index contributed by atoms with van der Waals surface area (Å²) in [4.78, 5) is 28.3. The first-order valence-electron chi connectivity index (χ1n) is 11.7. The number of Topliss-reactive ketones (excluding diaryl/α,β-unsaturated/α-hetero) is 1. The van der Waals surface area contributed by atoms with Crippen molar-refractivity contribution in [2.24, 2.45) is 0 Å². The van der Waals surface area contributed by atoms with Crippen LogP contribution >= 0.6 is 0 Å². The first-order chi connectivity index (χ1) is 16.9. The number of carbonyl (C=O) groups excluding carboxylic acids is 2. The second kappa shape index (κ2) is 10.1. The summed E-state index contributed by atoms with van der Waals surface area (Å²) in [5, 5.41) is 11.5. The summed E-state index contributed by atoms with van der Waals surface area (Å²) in [7, 11) is 0. The quantitative estimate of drug-likeness (QED) is 0.271. The summed E-state index contributed by atoms with van der Waals surface area (Å²) in [5.74, 6) is -0.744. The number of hydrogen-bond donors (Lipinski definition) is 1. The molecule has 1 saturated heterocycles. The summed E-state index contributed by atoms with van der Waals surface area (Å²) in [6.07, 6.45) is 0. The Morgan fingerprint density at radius 1 is 0.914 bits per heavy atom. The van der Waals surface area contributed by atoms with E-state index in [1.165, 1.54) is 4.90 Å². The van der Waals surface area contributed by atoms with Gasteiger partial charge in [0.05, 0.1) is 30.4 Å². The first kappa shape index (κ1) is 24.1. The van der Waals surface area contributed by atoms with Crippen LogP contribution in [-0.4, -0.2) is 30.0 Å². The van der Waals surface area contributed by atoms with Gasteiger partial charge in [-0.25, -0.2) is 0 Å². The number of amides is 1. The van der Waals surface area contributed by atoms with Crippen LogP contribution in [0, 0.1) is 13.8 Å². The van der Waals surface area contributed by atoms with Crippen molar-refractivity contribution in [2.75, 3.05) is 18.1 Å². The van der Waals surface area contributed by atoms with Crippen LogP contribution in [0.5, 0.6) is 11.5 Å². The Labute approximate surface area is 205 Å². The molecule has 3 aromatic rings. The van der Waals surface area contributed by atoms with Gasteiger partial charge in [-0.3, -0.25) is 14.5 Å². The number of carbonyl (C=O) groups is 2. The van der Waals surface area contributed by atoms with Crippen molar-refractivity contribution >= 4 is 23.1 Å². The lowest BCUT2D eigenvalue weighted by atomic mass is 9.93. The van der Waals surface area contributed by atoms with Crippen molar-refractivity contribution in [1.82, 2.24) is 0 Å². The van der Waals surface area contributed by atoms with Crippen molar-refractivity contribution in [3.8, 4) is 11.5 Å². The second-order valence-corrected chi connectivity index (χ2v) is 8.39. The van der Waals surface area contributed by atoms with E-state index in [0.29, 0.717) is 36.0 Å². The molecule has 0 spiro atoms. The van der Waals surface area contributed by atoms with Crippen molar-refractivity contribution < 1.29 is 24.2 Å². The maximum absolute atomic E-state index is 13.4. The number of anilines is 1. The Kier molecular flexibility index (Phi) is 6.92. The Balaban J connectivity index is 1.97. The molecule has 35 heavy (non-hydrogen) atoms. The highest BCUT2D eigenvalue weighted by molar-refractivity contribution is 6.51. The van der Waals surface area contributed by atoms with E-state index in [2.05, 4.69) is 0 Å². The molecule has 0 aliphatic carbocycles. The number of aryl methyl sites for hydroxylation is 2. The van der Waals surface area contributed by atoms with Crippen LogP contribution in [-0.2, 0) is 9.59 Å². The SMILES string of the molecule is CCOc1ccc(/C(O)=C2/C(=O)C(=O)N(c3ccccc3C)C2c2cccc(C)c2)c(OCC)c1. The predicted molar refractivity (Wildman–Crippen MR) is 136 cm³/mol. The third kappa shape index (κ3) is 4.52. The molecule has 4 rings (SSSR count). The fourth-order valence-electron chi connectivity index (χ4n) is 4.45. The molecule has 6 heteroatoms. The number of rotatable bonds is 7. The zero-order valence-electron chi connectivity index (χ0n) is 20.4. The lowest BCUT2D eigenvalue weighted by Crippen LogP contribution is -2.30. The van der Waals surface area contributed by atoms with Crippen LogP contribution in [0.3, 0.4) is 0 Å². The highest BCUT2D eigenvalue weighted by atomic mass is 16.5. The van der Waals surface area contributed by atoms with Gasteiger partial charge in [-0.2, -0.15) is 0 Å². The van der Waals surface area contributed by atoms with Crippen LogP contribution in [0.1, 0.15) is 42.1 Å². The normalized spacial score (nSPS) is 17.0. The lowest BCUT2D eigenvalue weighted by molar-refractivity contribution is -0.132. The zero-order valence-corrected chi connectivity index (χ0v) is 20.4. The number of hydrogen-bond acceptors (Lipinski definition) is 5. The molecule has 1 N–H and O–H groups in total. The highest BCUT2D eigenvalue weighted by Gasteiger charge is 2.47. The van der Waals surface area contributed by atoms with Crippen LogP contribution in [0.2, 0.25) is 0 Å². The predicted octanol–water partition coefficient (Wildman–Crippen LogP) is 5.73. The third-order valence-corrected chi connectivity index (χ3v) is 6.00. The van der Waals surface area contributed by atoms with Crippen LogP contribution in [0.4, 0.5) is 5.69 Å². The topological polar surface area (TPSA) is 76.1 Å². The Morgan fingerprint density at radius 2 is 1.66 bits per heavy atom. The number of nitrogens with zero attached hydrogens (tertiary/aromatic N) is 1. The van der Waals surface area contributed by atoms with E-state index in [-0.39, 0.29) is 11.3 Å². The van der Waals surface area contributed by atoms with Crippen molar-refractivity contribution in [1.29, 1.82) is 0 Å². The molecule has 0 aromatic heterocycles. The molecule has 1 aliphatic heterocycles. The highest BCUT2D eigenvalue weighted by Crippen LogP contribution is 2.44. The van der Waals surface area contributed by atoms with Gasteiger partial charge in [-0.15, -0.1) is 0 Å². The van der Waals surface area contributed by atoms with E-state index in [1.807, 2.05) is 76.2 Å². The van der Waals surface area contributed by atoms with Crippen molar-refractivity contribution in [3.05, 3.63) is 94.6 Å². The number of aliphatic hydroxyl groups excluding tert-OH is 1. The number of para-hydroxylation sites is 1. The maximum Gasteiger partial charge on any atom is 0.300 e. The molecule has 1 fully saturated rings. The fourth-order valence-corrected chi connectivity index (χ4v) is 4.45. The van der Waals surface area contributed by atoms with Crippen LogP contribution < -0.4 is 14.4 Å². The molecule has 6 nitrogen and oxygen atoms in total. The molecule has 1 atom stereocenters. The number of ether oxygens (including phenoxy) is 2. The molecule has 1 unspecified atom stereocenters.